The molecule has 4 rings (SSSR count). The van der Waals surface area contributed by atoms with Crippen molar-refractivity contribution in [3.8, 4) is 11.5 Å². The summed E-state index contributed by atoms with van der Waals surface area (Å²) in [5.41, 5.74) is 2.10. The van der Waals surface area contributed by atoms with Gasteiger partial charge >= 0.3 is 0 Å². The fourth-order valence-electron chi connectivity index (χ4n) is 3.17. The second kappa shape index (κ2) is 5.33. The number of fused-ring (bicyclic) bond motifs is 3. The monoisotopic (exact) mass is 300 g/mol. The molecule has 0 aliphatic carbocycles. The smallest absolute Gasteiger partial charge is 0.119 e. The van der Waals surface area contributed by atoms with Gasteiger partial charge in [-0.3, -0.25) is 0 Å². The Bertz CT molecular complexity index is 1000. The van der Waals surface area contributed by atoms with Gasteiger partial charge in [0.15, 0.2) is 0 Å². The second-order valence-corrected chi connectivity index (χ2v) is 5.79. The van der Waals surface area contributed by atoms with Crippen LogP contribution in [0.15, 0.2) is 72.8 Å². The van der Waals surface area contributed by atoms with E-state index in [1.807, 2.05) is 42.5 Å². The molecule has 0 aliphatic rings. The molecule has 4 aromatic rings. The third-order valence-electron chi connectivity index (χ3n) is 4.31. The highest BCUT2D eigenvalue weighted by Crippen LogP contribution is 2.34. The molecule has 112 valence electrons. The van der Waals surface area contributed by atoms with Gasteiger partial charge in [-0.15, -0.1) is 0 Å². The maximum absolute atomic E-state index is 10.3. The molecule has 0 fully saturated rings. The van der Waals surface area contributed by atoms with Crippen molar-refractivity contribution in [2.75, 3.05) is 0 Å². The van der Waals surface area contributed by atoms with E-state index in [1.54, 1.807) is 18.2 Å². The van der Waals surface area contributed by atoms with Crippen LogP contribution in [0, 0.1) is 0 Å². The summed E-state index contributed by atoms with van der Waals surface area (Å²) in [6.45, 7) is 0. The van der Waals surface area contributed by atoms with Gasteiger partial charge in [0.2, 0.25) is 0 Å². The molecule has 0 radical (unpaired) electrons. The first-order valence-corrected chi connectivity index (χ1v) is 7.62. The molecule has 0 saturated heterocycles. The fourth-order valence-corrected chi connectivity index (χ4v) is 3.17. The lowest BCUT2D eigenvalue weighted by Gasteiger charge is -2.12. The molecule has 0 atom stereocenters. The molecule has 2 nitrogen and oxygen atoms in total. The van der Waals surface area contributed by atoms with Crippen molar-refractivity contribution in [1.29, 1.82) is 0 Å². The van der Waals surface area contributed by atoms with E-state index in [1.165, 1.54) is 5.56 Å². The molecule has 0 bridgehead atoms. The molecule has 4 aromatic carbocycles. The van der Waals surface area contributed by atoms with Crippen LogP contribution in [0.5, 0.6) is 11.5 Å². The van der Waals surface area contributed by atoms with E-state index in [4.69, 9.17) is 0 Å². The maximum atomic E-state index is 10.3. The standard InChI is InChI=1S/C21H16O2/c22-16-7-9-17-15(13-16)6-8-19-18(17)10-11-21(23)20(19)12-14-4-2-1-3-5-14/h1-11,13,22-23H,12H2. The summed E-state index contributed by atoms with van der Waals surface area (Å²) in [4.78, 5) is 0. The minimum atomic E-state index is 0.264. The average Bonchev–Trinajstić information content (AvgIpc) is 2.57. The normalized spacial score (nSPS) is 11.1. The zero-order valence-corrected chi connectivity index (χ0v) is 12.5. The zero-order valence-electron chi connectivity index (χ0n) is 12.5. The summed E-state index contributed by atoms with van der Waals surface area (Å²) in [7, 11) is 0. The van der Waals surface area contributed by atoms with Crippen molar-refractivity contribution in [3.05, 3.63) is 83.9 Å². The number of aromatic hydroxyl groups is 2. The summed E-state index contributed by atoms with van der Waals surface area (Å²) >= 11 is 0. The summed E-state index contributed by atoms with van der Waals surface area (Å²) in [6.07, 6.45) is 0.688. The Kier molecular flexibility index (Phi) is 3.16. The Hall–Kier alpha value is -3.00. The molecule has 0 spiro atoms. The van der Waals surface area contributed by atoms with Crippen LogP contribution in [-0.4, -0.2) is 10.2 Å². The summed E-state index contributed by atoms with van der Waals surface area (Å²) in [5.74, 6) is 0.583. The van der Waals surface area contributed by atoms with E-state index in [0.29, 0.717) is 12.2 Å². The first-order valence-electron chi connectivity index (χ1n) is 7.62. The van der Waals surface area contributed by atoms with E-state index in [0.717, 1.165) is 27.1 Å². The average molecular weight is 300 g/mol. The quantitative estimate of drug-likeness (QED) is 0.512. The Morgan fingerprint density at radius 2 is 1.39 bits per heavy atom. The van der Waals surface area contributed by atoms with Gasteiger partial charge in [0.05, 0.1) is 0 Å². The molecular weight excluding hydrogens is 284 g/mol. The van der Waals surface area contributed by atoms with Crippen LogP contribution in [-0.2, 0) is 6.42 Å². The number of hydrogen-bond acceptors (Lipinski definition) is 2. The molecule has 0 unspecified atom stereocenters. The Labute approximate surface area is 134 Å². The van der Waals surface area contributed by atoms with Crippen LogP contribution in [0.2, 0.25) is 0 Å². The lowest BCUT2D eigenvalue weighted by atomic mass is 9.94. The maximum Gasteiger partial charge on any atom is 0.119 e. The number of phenols is 2. The van der Waals surface area contributed by atoms with Crippen molar-refractivity contribution in [3.63, 3.8) is 0 Å². The molecule has 0 amide bonds. The molecule has 0 aliphatic heterocycles. The highest BCUT2D eigenvalue weighted by Gasteiger charge is 2.10. The molecule has 23 heavy (non-hydrogen) atoms. The van der Waals surface area contributed by atoms with Crippen molar-refractivity contribution in [2.24, 2.45) is 0 Å². The molecule has 0 aromatic heterocycles. The van der Waals surface area contributed by atoms with Gasteiger partial charge in [-0.2, -0.15) is 0 Å². The van der Waals surface area contributed by atoms with Crippen LogP contribution < -0.4 is 0 Å². The van der Waals surface area contributed by atoms with Crippen molar-refractivity contribution >= 4 is 21.5 Å². The molecular formula is C21H16O2. The number of phenolic OH excluding ortho intramolecular Hbond substituents is 2. The van der Waals surface area contributed by atoms with Crippen molar-refractivity contribution in [1.82, 2.24) is 0 Å². The van der Waals surface area contributed by atoms with E-state index < -0.39 is 0 Å². The third kappa shape index (κ3) is 2.38. The number of rotatable bonds is 2. The molecule has 0 saturated carbocycles. The van der Waals surface area contributed by atoms with Crippen LogP contribution in [0.1, 0.15) is 11.1 Å². The van der Waals surface area contributed by atoms with Crippen LogP contribution >= 0.6 is 0 Å². The van der Waals surface area contributed by atoms with Gasteiger partial charge in [-0.25, -0.2) is 0 Å². The number of benzene rings is 4. The second-order valence-electron chi connectivity index (χ2n) is 5.79. The first-order chi connectivity index (χ1) is 11.2. The van der Waals surface area contributed by atoms with Gasteiger partial charge in [0.1, 0.15) is 11.5 Å². The topological polar surface area (TPSA) is 40.5 Å². The molecule has 2 heteroatoms. The lowest BCUT2D eigenvalue weighted by molar-refractivity contribution is 0.470. The largest absolute Gasteiger partial charge is 0.508 e. The van der Waals surface area contributed by atoms with Crippen molar-refractivity contribution < 1.29 is 10.2 Å². The van der Waals surface area contributed by atoms with Crippen LogP contribution in [0.25, 0.3) is 21.5 Å². The van der Waals surface area contributed by atoms with Gasteiger partial charge in [-0.1, -0.05) is 54.6 Å². The molecule has 0 heterocycles. The predicted molar refractivity (Wildman–Crippen MR) is 94.0 cm³/mol. The lowest BCUT2D eigenvalue weighted by Crippen LogP contribution is -1.91. The van der Waals surface area contributed by atoms with Gasteiger partial charge < -0.3 is 10.2 Å². The minimum Gasteiger partial charge on any atom is -0.508 e. The zero-order chi connectivity index (χ0) is 15.8. The number of hydrogen-bond donors (Lipinski definition) is 2. The summed E-state index contributed by atoms with van der Waals surface area (Å²) < 4.78 is 0. The Morgan fingerprint density at radius 1 is 0.652 bits per heavy atom. The SMILES string of the molecule is Oc1ccc2c(ccc3c(Cc4ccccc4)c(O)ccc32)c1. The van der Waals surface area contributed by atoms with E-state index in [9.17, 15) is 10.2 Å². The highest BCUT2D eigenvalue weighted by atomic mass is 16.3. The summed E-state index contributed by atoms with van der Waals surface area (Å²) in [6, 6.07) is 23.2. The highest BCUT2D eigenvalue weighted by molar-refractivity contribution is 6.09. The van der Waals surface area contributed by atoms with E-state index >= 15 is 0 Å². The third-order valence-corrected chi connectivity index (χ3v) is 4.31. The van der Waals surface area contributed by atoms with Gasteiger partial charge in [0.25, 0.3) is 0 Å². The van der Waals surface area contributed by atoms with Gasteiger partial charge in [0, 0.05) is 12.0 Å². The predicted octanol–water partition coefficient (Wildman–Crippen LogP) is 5.00. The van der Waals surface area contributed by atoms with E-state index in [-0.39, 0.29) is 5.75 Å². The molecule has 2 N–H and O–H groups in total. The fraction of sp³-hybridized carbons (Fsp3) is 0.0476. The van der Waals surface area contributed by atoms with E-state index in [2.05, 4.69) is 12.1 Å². The van der Waals surface area contributed by atoms with Crippen LogP contribution in [0.3, 0.4) is 0 Å². The Morgan fingerprint density at radius 3 is 2.22 bits per heavy atom. The van der Waals surface area contributed by atoms with Crippen LogP contribution in [0.4, 0.5) is 0 Å². The van der Waals surface area contributed by atoms with Crippen molar-refractivity contribution in [2.45, 2.75) is 6.42 Å². The first kappa shape index (κ1) is 13.6. The summed E-state index contributed by atoms with van der Waals surface area (Å²) in [5, 5.41) is 24.2. The Balaban J connectivity index is 1.96. The van der Waals surface area contributed by atoms with Gasteiger partial charge in [-0.05, 0) is 45.3 Å². The minimum absolute atomic E-state index is 0.264.